The van der Waals surface area contributed by atoms with Crippen molar-refractivity contribution in [2.75, 3.05) is 13.2 Å². The van der Waals surface area contributed by atoms with Crippen molar-refractivity contribution >= 4 is 0 Å². The van der Waals surface area contributed by atoms with Crippen LogP contribution in [0.1, 0.15) is 13.8 Å². The number of aliphatic hydroxyl groups excluding tert-OH is 1. The summed E-state index contributed by atoms with van der Waals surface area (Å²) in [5.74, 6) is 0.302. The van der Waals surface area contributed by atoms with E-state index in [0.29, 0.717) is 12.5 Å². The molecule has 0 fully saturated rings. The topological polar surface area (TPSA) is 56.0 Å². The second-order valence-corrected chi connectivity index (χ2v) is 2.53. The van der Waals surface area contributed by atoms with Crippen molar-refractivity contribution in [3.8, 4) is 6.07 Å². The molecule has 0 rings (SSSR count). The van der Waals surface area contributed by atoms with Gasteiger partial charge in [-0.25, -0.2) is 0 Å². The molecular formula is C7H14N2O. The Bertz CT molecular complexity index is 117. The molecule has 0 amide bonds. The Labute approximate surface area is 61.7 Å². The van der Waals surface area contributed by atoms with Gasteiger partial charge in [-0.05, 0) is 5.92 Å². The van der Waals surface area contributed by atoms with Crippen LogP contribution in [0.25, 0.3) is 0 Å². The van der Waals surface area contributed by atoms with E-state index in [4.69, 9.17) is 10.4 Å². The number of nitriles is 1. The van der Waals surface area contributed by atoms with Crippen molar-refractivity contribution in [1.29, 1.82) is 5.26 Å². The van der Waals surface area contributed by atoms with Gasteiger partial charge in [0.25, 0.3) is 0 Å². The van der Waals surface area contributed by atoms with E-state index in [-0.39, 0.29) is 12.6 Å². The third-order valence-corrected chi connectivity index (χ3v) is 1.28. The maximum absolute atomic E-state index is 8.53. The fraction of sp³-hybridized carbons (Fsp3) is 0.857. The standard InChI is InChI=1S/C7H14N2O/c1-6(2)7(5-8)9-3-4-10/h6-7,9-10H,3-4H2,1-2H3. The van der Waals surface area contributed by atoms with Gasteiger partial charge in [-0.2, -0.15) is 5.26 Å². The minimum Gasteiger partial charge on any atom is -0.395 e. The van der Waals surface area contributed by atoms with Gasteiger partial charge in [-0.1, -0.05) is 13.8 Å². The molecule has 0 aliphatic rings. The average Bonchev–Trinajstić information content (AvgIpc) is 1.89. The molecule has 3 nitrogen and oxygen atoms in total. The monoisotopic (exact) mass is 142 g/mol. The largest absolute Gasteiger partial charge is 0.395 e. The second-order valence-electron chi connectivity index (χ2n) is 2.53. The van der Waals surface area contributed by atoms with Gasteiger partial charge in [0.1, 0.15) is 0 Å². The molecule has 0 bridgehead atoms. The Balaban J connectivity index is 3.53. The lowest BCUT2D eigenvalue weighted by molar-refractivity contribution is 0.283. The molecule has 3 heteroatoms. The molecule has 0 heterocycles. The van der Waals surface area contributed by atoms with Crippen molar-refractivity contribution in [3.05, 3.63) is 0 Å². The maximum Gasteiger partial charge on any atom is 0.0976 e. The first kappa shape index (κ1) is 9.41. The summed E-state index contributed by atoms with van der Waals surface area (Å²) in [6.45, 7) is 4.53. The summed E-state index contributed by atoms with van der Waals surface area (Å²) in [4.78, 5) is 0. The number of rotatable bonds is 4. The van der Waals surface area contributed by atoms with Crippen LogP contribution < -0.4 is 5.32 Å². The minimum atomic E-state index is -0.132. The van der Waals surface area contributed by atoms with Crippen LogP contribution in [0.2, 0.25) is 0 Å². The number of aliphatic hydroxyl groups is 1. The summed E-state index contributed by atoms with van der Waals surface area (Å²) in [5, 5.41) is 19.9. The highest BCUT2D eigenvalue weighted by Crippen LogP contribution is 1.98. The smallest absolute Gasteiger partial charge is 0.0976 e. The van der Waals surface area contributed by atoms with Crippen molar-refractivity contribution in [1.82, 2.24) is 5.32 Å². The average molecular weight is 142 g/mol. The molecule has 0 aromatic carbocycles. The molecule has 0 aliphatic carbocycles. The van der Waals surface area contributed by atoms with Gasteiger partial charge >= 0.3 is 0 Å². The molecule has 10 heavy (non-hydrogen) atoms. The number of nitrogens with one attached hydrogen (secondary N) is 1. The normalized spacial score (nSPS) is 13.1. The highest BCUT2D eigenvalue weighted by molar-refractivity contribution is 4.91. The van der Waals surface area contributed by atoms with E-state index in [1.54, 1.807) is 0 Å². The zero-order valence-corrected chi connectivity index (χ0v) is 6.46. The van der Waals surface area contributed by atoms with E-state index in [1.165, 1.54) is 0 Å². The summed E-state index contributed by atoms with van der Waals surface area (Å²) < 4.78 is 0. The molecule has 2 N–H and O–H groups in total. The SMILES string of the molecule is CC(C)C(C#N)NCCO. The summed E-state index contributed by atoms with van der Waals surface area (Å²) in [5.41, 5.74) is 0. The fourth-order valence-electron chi connectivity index (χ4n) is 0.650. The lowest BCUT2D eigenvalue weighted by Gasteiger charge is -2.12. The highest BCUT2D eigenvalue weighted by Gasteiger charge is 2.09. The van der Waals surface area contributed by atoms with E-state index in [9.17, 15) is 0 Å². The van der Waals surface area contributed by atoms with Gasteiger partial charge in [0.05, 0.1) is 18.7 Å². The molecule has 0 aromatic rings. The summed E-state index contributed by atoms with van der Waals surface area (Å²) in [6, 6.07) is 1.98. The van der Waals surface area contributed by atoms with E-state index in [2.05, 4.69) is 11.4 Å². The van der Waals surface area contributed by atoms with Gasteiger partial charge < -0.3 is 5.11 Å². The molecule has 1 atom stereocenters. The zero-order valence-electron chi connectivity index (χ0n) is 6.46. The quantitative estimate of drug-likeness (QED) is 0.586. The second kappa shape index (κ2) is 5.21. The van der Waals surface area contributed by atoms with Gasteiger partial charge in [0.15, 0.2) is 0 Å². The van der Waals surface area contributed by atoms with Crippen molar-refractivity contribution in [3.63, 3.8) is 0 Å². The molecule has 0 saturated heterocycles. The summed E-state index contributed by atoms with van der Waals surface area (Å²) in [6.07, 6.45) is 0. The van der Waals surface area contributed by atoms with Crippen molar-refractivity contribution in [2.45, 2.75) is 19.9 Å². The van der Waals surface area contributed by atoms with E-state index < -0.39 is 0 Å². The molecule has 0 aromatic heterocycles. The van der Waals surface area contributed by atoms with Gasteiger partial charge in [-0.3, -0.25) is 5.32 Å². The first-order valence-electron chi connectivity index (χ1n) is 3.46. The van der Waals surface area contributed by atoms with Crippen molar-refractivity contribution in [2.24, 2.45) is 5.92 Å². The van der Waals surface area contributed by atoms with Crippen molar-refractivity contribution < 1.29 is 5.11 Å². The Morgan fingerprint density at radius 1 is 1.60 bits per heavy atom. The molecule has 0 spiro atoms. The molecule has 58 valence electrons. The summed E-state index contributed by atoms with van der Waals surface area (Å²) >= 11 is 0. The lowest BCUT2D eigenvalue weighted by Crippen LogP contribution is -2.34. The zero-order chi connectivity index (χ0) is 7.98. The van der Waals surface area contributed by atoms with Crippen LogP contribution in [0.5, 0.6) is 0 Å². The molecule has 0 radical (unpaired) electrons. The van der Waals surface area contributed by atoms with Gasteiger partial charge in [0, 0.05) is 6.54 Å². The van der Waals surface area contributed by atoms with E-state index in [1.807, 2.05) is 13.8 Å². The third kappa shape index (κ3) is 3.44. The first-order chi connectivity index (χ1) is 4.72. The number of hydrogen-bond acceptors (Lipinski definition) is 3. The van der Waals surface area contributed by atoms with Crippen LogP contribution in [0, 0.1) is 17.2 Å². The number of hydrogen-bond donors (Lipinski definition) is 2. The molecule has 1 unspecified atom stereocenters. The Morgan fingerprint density at radius 2 is 2.20 bits per heavy atom. The fourth-order valence-corrected chi connectivity index (χ4v) is 0.650. The first-order valence-corrected chi connectivity index (χ1v) is 3.46. The Morgan fingerprint density at radius 3 is 2.50 bits per heavy atom. The van der Waals surface area contributed by atoms with Crippen LogP contribution in [0.15, 0.2) is 0 Å². The van der Waals surface area contributed by atoms with Crippen LogP contribution >= 0.6 is 0 Å². The summed E-state index contributed by atoms with van der Waals surface area (Å²) in [7, 11) is 0. The van der Waals surface area contributed by atoms with Crippen LogP contribution in [-0.4, -0.2) is 24.3 Å². The molecule has 0 saturated carbocycles. The van der Waals surface area contributed by atoms with Gasteiger partial charge in [0.2, 0.25) is 0 Å². The van der Waals surface area contributed by atoms with Crippen LogP contribution in [-0.2, 0) is 0 Å². The van der Waals surface area contributed by atoms with Crippen LogP contribution in [0.4, 0.5) is 0 Å². The Hall–Kier alpha value is -0.590. The maximum atomic E-state index is 8.53. The minimum absolute atomic E-state index is 0.0882. The third-order valence-electron chi connectivity index (χ3n) is 1.28. The lowest BCUT2D eigenvalue weighted by atomic mass is 10.1. The molecular weight excluding hydrogens is 128 g/mol. The molecule has 0 aliphatic heterocycles. The Kier molecular flexibility index (Phi) is 4.91. The predicted molar refractivity (Wildman–Crippen MR) is 39.3 cm³/mol. The van der Waals surface area contributed by atoms with E-state index >= 15 is 0 Å². The van der Waals surface area contributed by atoms with Crippen LogP contribution in [0.3, 0.4) is 0 Å². The van der Waals surface area contributed by atoms with Gasteiger partial charge in [-0.15, -0.1) is 0 Å². The predicted octanol–water partition coefficient (Wildman–Crippen LogP) is 0.116. The highest BCUT2D eigenvalue weighted by atomic mass is 16.3. The number of nitrogens with zero attached hydrogens (tertiary/aromatic N) is 1. The van der Waals surface area contributed by atoms with E-state index in [0.717, 1.165) is 0 Å².